The molecule has 0 saturated heterocycles. The minimum absolute atomic E-state index is 0.399. The van der Waals surface area contributed by atoms with Crippen LogP contribution in [0, 0.1) is 0 Å². The number of rotatable bonds is 3. The highest BCUT2D eigenvalue weighted by atomic mass is 32.1. The van der Waals surface area contributed by atoms with Crippen LogP contribution in [0.4, 0.5) is 0 Å². The molecule has 2 aromatic heterocycles. The molecule has 0 spiro atoms. The molecular formula is C14H11BS2. The van der Waals surface area contributed by atoms with E-state index >= 15 is 0 Å². The van der Waals surface area contributed by atoms with Gasteiger partial charge in [-0.05, 0) is 20.3 Å². The first kappa shape index (κ1) is 10.8. The maximum atomic E-state index is 2.22. The minimum Gasteiger partial charge on any atom is -0.158 e. The Bertz CT molecular complexity index is 521. The van der Waals surface area contributed by atoms with E-state index in [1.165, 1.54) is 15.0 Å². The Kier molecular flexibility index (Phi) is 3.12. The second-order valence-corrected chi connectivity index (χ2v) is 5.83. The van der Waals surface area contributed by atoms with Crippen molar-refractivity contribution in [2.45, 2.75) is 0 Å². The lowest BCUT2D eigenvalue weighted by Gasteiger charge is -2.10. The summed E-state index contributed by atoms with van der Waals surface area (Å²) in [6, 6.07) is 19.4. The molecule has 0 N–H and O–H groups in total. The van der Waals surface area contributed by atoms with Crippen LogP contribution < -0.4 is 15.0 Å². The molecule has 0 nitrogen and oxygen atoms in total. The highest BCUT2D eigenvalue weighted by Crippen LogP contribution is 2.03. The largest absolute Gasteiger partial charge is 0.266 e. The van der Waals surface area contributed by atoms with E-state index < -0.39 is 0 Å². The second kappa shape index (κ2) is 4.90. The number of hydrogen-bond donors (Lipinski definition) is 0. The van der Waals surface area contributed by atoms with Crippen molar-refractivity contribution in [2.75, 3.05) is 0 Å². The Morgan fingerprint density at radius 1 is 0.647 bits per heavy atom. The first-order chi connectivity index (χ1) is 8.45. The monoisotopic (exact) mass is 254 g/mol. The van der Waals surface area contributed by atoms with Gasteiger partial charge in [-0.1, -0.05) is 60.1 Å². The van der Waals surface area contributed by atoms with Gasteiger partial charge in [0.2, 0.25) is 0 Å². The molecule has 0 aliphatic rings. The zero-order chi connectivity index (χ0) is 11.5. The highest BCUT2D eigenvalue weighted by molar-refractivity contribution is 7.33. The minimum atomic E-state index is 0.399. The summed E-state index contributed by atoms with van der Waals surface area (Å²) in [6.45, 7) is 0.399. The lowest BCUT2D eigenvalue weighted by molar-refractivity contribution is 1.76. The Morgan fingerprint density at radius 3 is 1.71 bits per heavy atom. The number of thiophene rings is 2. The van der Waals surface area contributed by atoms with Crippen molar-refractivity contribution >= 4 is 44.4 Å². The van der Waals surface area contributed by atoms with Crippen LogP contribution in [0.15, 0.2) is 65.4 Å². The third kappa shape index (κ3) is 2.21. The van der Waals surface area contributed by atoms with Crippen molar-refractivity contribution in [3.8, 4) is 0 Å². The fourth-order valence-corrected chi connectivity index (χ4v) is 3.84. The van der Waals surface area contributed by atoms with E-state index in [0.717, 1.165) is 0 Å². The van der Waals surface area contributed by atoms with Gasteiger partial charge in [-0.15, -0.1) is 0 Å². The van der Waals surface area contributed by atoms with E-state index in [1.54, 1.807) is 0 Å². The summed E-state index contributed by atoms with van der Waals surface area (Å²) >= 11 is 3.66. The van der Waals surface area contributed by atoms with E-state index in [2.05, 4.69) is 65.4 Å². The summed E-state index contributed by atoms with van der Waals surface area (Å²) in [4.78, 5) is 0. The average molecular weight is 254 g/mol. The first-order valence-corrected chi connectivity index (χ1v) is 7.33. The molecule has 0 aliphatic carbocycles. The Morgan fingerprint density at radius 2 is 1.24 bits per heavy atom. The van der Waals surface area contributed by atoms with Crippen molar-refractivity contribution in [3.05, 3.63) is 65.4 Å². The molecule has 82 valence electrons. The quantitative estimate of drug-likeness (QED) is 0.629. The van der Waals surface area contributed by atoms with Gasteiger partial charge < -0.3 is 0 Å². The van der Waals surface area contributed by atoms with Crippen molar-refractivity contribution in [2.24, 2.45) is 0 Å². The third-order valence-corrected chi connectivity index (χ3v) is 4.66. The van der Waals surface area contributed by atoms with Crippen molar-refractivity contribution in [3.63, 3.8) is 0 Å². The van der Waals surface area contributed by atoms with E-state index in [1.807, 2.05) is 22.7 Å². The molecular weight excluding hydrogens is 243 g/mol. The third-order valence-electron chi connectivity index (χ3n) is 2.79. The summed E-state index contributed by atoms with van der Waals surface area (Å²) < 4.78 is 2.83. The van der Waals surface area contributed by atoms with E-state index in [0.29, 0.717) is 6.71 Å². The molecule has 0 unspecified atom stereocenters. The van der Waals surface area contributed by atoms with Crippen LogP contribution in [-0.4, -0.2) is 6.71 Å². The lowest BCUT2D eigenvalue weighted by atomic mass is 9.43. The molecule has 3 rings (SSSR count). The molecule has 3 aromatic rings. The van der Waals surface area contributed by atoms with E-state index in [9.17, 15) is 0 Å². The summed E-state index contributed by atoms with van der Waals surface area (Å²) in [5, 5.41) is 4.30. The molecule has 0 saturated carbocycles. The second-order valence-electron chi connectivity index (χ2n) is 3.87. The molecule has 0 radical (unpaired) electrons. The summed E-state index contributed by atoms with van der Waals surface area (Å²) in [7, 11) is 0. The predicted octanol–water partition coefficient (Wildman–Crippen LogP) is 2.33. The molecule has 1 aromatic carbocycles. The maximum Gasteiger partial charge on any atom is 0.266 e. The topological polar surface area (TPSA) is 0 Å². The smallest absolute Gasteiger partial charge is 0.158 e. The molecule has 0 amide bonds. The first-order valence-electron chi connectivity index (χ1n) is 5.57. The van der Waals surface area contributed by atoms with Gasteiger partial charge in [0.25, 0.3) is 6.71 Å². The van der Waals surface area contributed by atoms with Crippen molar-refractivity contribution in [1.29, 1.82) is 0 Å². The van der Waals surface area contributed by atoms with Crippen LogP contribution in [0.1, 0.15) is 0 Å². The maximum absolute atomic E-state index is 2.22. The zero-order valence-electron chi connectivity index (χ0n) is 9.24. The van der Waals surface area contributed by atoms with Gasteiger partial charge in [0.15, 0.2) is 0 Å². The van der Waals surface area contributed by atoms with Crippen LogP contribution in [0.25, 0.3) is 0 Å². The van der Waals surface area contributed by atoms with Crippen molar-refractivity contribution < 1.29 is 0 Å². The van der Waals surface area contributed by atoms with Gasteiger partial charge in [0.1, 0.15) is 0 Å². The van der Waals surface area contributed by atoms with Gasteiger partial charge in [-0.2, -0.15) is 22.7 Å². The molecule has 2 heterocycles. The van der Waals surface area contributed by atoms with Crippen LogP contribution in [0.2, 0.25) is 0 Å². The Labute approximate surface area is 110 Å². The molecule has 0 fully saturated rings. The standard InChI is InChI=1S/C14H11BS2/c1-2-6-12(7-3-1)15(13-8-4-10-16-13)14-9-5-11-17-14/h1-11H. The summed E-state index contributed by atoms with van der Waals surface area (Å²) in [5.74, 6) is 0. The van der Waals surface area contributed by atoms with Gasteiger partial charge >= 0.3 is 0 Å². The molecule has 0 atom stereocenters. The van der Waals surface area contributed by atoms with E-state index in [4.69, 9.17) is 0 Å². The normalized spacial score (nSPS) is 10.4. The van der Waals surface area contributed by atoms with Crippen LogP contribution in [-0.2, 0) is 0 Å². The summed E-state index contributed by atoms with van der Waals surface area (Å²) in [5.41, 5.74) is 1.37. The van der Waals surface area contributed by atoms with Gasteiger partial charge in [0.05, 0.1) is 0 Å². The summed E-state index contributed by atoms with van der Waals surface area (Å²) in [6.07, 6.45) is 0. The van der Waals surface area contributed by atoms with Gasteiger partial charge in [-0.25, -0.2) is 0 Å². The molecule has 17 heavy (non-hydrogen) atoms. The Balaban J connectivity index is 2.10. The van der Waals surface area contributed by atoms with Gasteiger partial charge in [-0.3, -0.25) is 0 Å². The Hall–Kier alpha value is -1.32. The SMILES string of the molecule is c1ccc(B(c2cccs2)c2cccs2)cc1. The fourth-order valence-electron chi connectivity index (χ4n) is 2.03. The van der Waals surface area contributed by atoms with Gasteiger partial charge in [0, 0.05) is 0 Å². The number of benzene rings is 1. The van der Waals surface area contributed by atoms with Crippen LogP contribution in [0.5, 0.6) is 0 Å². The average Bonchev–Trinajstić information content (AvgIpc) is 3.04. The highest BCUT2D eigenvalue weighted by Gasteiger charge is 2.23. The number of hydrogen-bond acceptors (Lipinski definition) is 2. The molecule has 0 aliphatic heterocycles. The molecule has 0 bridgehead atoms. The zero-order valence-corrected chi connectivity index (χ0v) is 10.9. The van der Waals surface area contributed by atoms with Crippen LogP contribution >= 0.6 is 22.7 Å². The van der Waals surface area contributed by atoms with E-state index in [-0.39, 0.29) is 0 Å². The van der Waals surface area contributed by atoms with Crippen LogP contribution in [0.3, 0.4) is 0 Å². The lowest BCUT2D eigenvalue weighted by Crippen LogP contribution is -2.49. The van der Waals surface area contributed by atoms with Crippen molar-refractivity contribution in [1.82, 2.24) is 0 Å². The fraction of sp³-hybridized carbons (Fsp3) is 0. The molecule has 3 heteroatoms. The predicted molar refractivity (Wildman–Crippen MR) is 79.7 cm³/mol.